The smallest absolute Gasteiger partial charge is 0.258 e. The Bertz CT molecular complexity index is 1250. The number of carbonyl (C=O) groups is 1. The number of benzene rings is 1. The van der Waals surface area contributed by atoms with Gasteiger partial charge in [-0.05, 0) is 66.8 Å². The molecule has 1 saturated carbocycles. The van der Waals surface area contributed by atoms with Crippen molar-refractivity contribution < 1.29 is 27.1 Å². The molecular weight excluding hydrogens is 516 g/mol. The Morgan fingerprint density at radius 1 is 1.13 bits per heavy atom. The highest BCUT2D eigenvalue weighted by Gasteiger charge is 2.34. The molecule has 9 nitrogen and oxygen atoms in total. The summed E-state index contributed by atoms with van der Waals surface area (Å²) in [6.45, 7) is 4.24. The molecule has 2 aromatic rings. The van der Waals surface area contributed by atoms with Crippen LogP contribution in [0.4, 0.5) is 26.2 Å². The molecule has 0 radical (unpaired) electrons. The molecule has 1 aromatic carbocycles. The second-order valence-corrected chi connectivity index (χ2v) is 12.8. The average Bonchev–Trinajstić information content (AvgIpc) is 2.84. The number of amides is 1. The van der Waals surface area contributed by atoms with Crippen LogP contribution in [-0.4, -0.2) is 60.8 Å². The minimum absolute atomic E-state index is 0.0632. The summed E-state index contributed by atoms with van der Waals surface area (Å²) >= 11 is 0. The fourth-order valence-corrected chi connectivity index (χ4v) is 5.88. The molecular formula is C26H35F2N5O4S. The molecule has 1 saturated heterocycles. The Hall–Kier alpha value is -2.86. The quantitative estimate of drug-likeness (QED) is 0.445. The maximum absolute atomic E-state index is 13.6. The first-order valence-corrected chi connectivity index (χ1v) is 14.5. The first-order chi connectivity index (χ1) is 17.9. The summed E-state index contributed by atoms with van der Waals surface area (Å²) in [5.74, 6) is -2.94. The minimum atomic E-state index is -3.73. The molecule has 1 amide bonds. The zero-order valence-electron chi connectivity index (χ0n) is 21.7. The number of piperidine rings is 1. The van der Waals surface area contributed by atoms with Crippen molar-refractivity contribution in [2.45, 2.75) is 64.2 Å². The van der Waals surface area contributed by atoms with Gasteiger partial charge in [-0.2, -0.15) is 4.98 Å². The van der Waals surface area contributed by atoms with E-state index in [1.807, 2.05) is 0 Å². The lowest BCUT2D eigenvalue weighted by Crippen LogP contribution is -2.39. The van der Waals surface area contributed by atoms with Gasteiger partial charge in [0.2, 0.25) is 16.0 Å². The van der Waals surface area contributed by atoms with Crippen LogP contribution in [0.25, 0.3) is 0 Å². The number of aromatic nitrogens is 2. The van der Waals surface area contributed by atoms with Gasteiger partial charge in [0.1, 0.15) is 5.82 Å². The van der Waals surface area contributed by atoms with E-state index in [0.717, 1.165) is 31.2 Å². The number of alkyl halides is 2. The molecule has 0 spiro atoms. The van der Waals surface area contributed by atoms with Crippen LogP contribution in [0.3, 0.4) is 0 Å². The Morgan fingerprint density at radius 3 is 2.47 bits per heavy atom. The van der Waals surface area contributed by atoms with Crippen molar-refractivity contribution in [2.75, 3.05) is 40.4 Å². The van der Waals surface area contributed by atoms with Crippen molar-refractivity contribution in [1.29, 1.82) is 0 Å². The van der Waals surface area contributed by atoms with E-state index in [1.54, 1.807) is 23.1 Å². The van der Waals surface area contributed by atoms with E-state index in [4.69, 9.17) is 5.11 Å². The van der Waals surface area contributed by atoms with Gasteiger partial charge in [0, 0.05) is 43.4 Å². The third-order valence-corrected chi connectivity index (χ3v) is 8.66. The van der Waals surface area contributed by atoms with E-state index < -0.39 is 34.2 Å². The number of aliphatic hydroxyl groups is 1. The second-order valence-electron chi connectivity index (χ2n) is 10.9. The molecule has 2 heterocycles. The molecule has 12 heteroatoms. The van der Waals surface area contributed by atoms with Crippen LogP contribution < -0.4 is 14.9 Å². The number of halogens is 2. The molecule has 4 rings (SSSR count). The van der Waals surface area contributed by atoms with E-state index >= 15 is 0 Å². The molecule has 1 aromatic heterocycles. The van der Waals surface area contributed by atoms with Crippen LogP contribution in [0.1, 0.15) is 74.2 Å². The highest BCUT2D eigenvalue weighted by Crippen LogP contribution is 2.44. The van der Waals surface area contributed by atoms with Gasteiger partial charge in [-0.15, -0.1) is 0 Å². The predicted octanol–water partition coefficient (Wildman–Crippen LogP) is 4.38. The number of rotatable bonds is 8. The van der Waals surface area contributed by atoms with E-state index in [-0.39, 0.29) is 43.2 Å². The van der Waals surface area contributed by atoms with Crippen LogP contribution >= 0.6 is 0 Å². The third kappa shape index (κ3) is 7.16. The van der Waals surface area contributed by atoms with Crippen LogP contribution in [-0.2, 0) is 10.0 Å². The van der Waals surface area contributed by atoms with Crippen molar-refractivity contribution in [1.82, 2.24) is 9.97 Å². The summed E-state index contributed by atoms with van der Waals surface area (Å²) in [6, 6.07) is 6.42. The Balaban J connectivity index is 1.57. The summed E-state index contributed by atoms with van der Waals surface area (Å²) in [7, 11) is -3.73. The maximum atomic E-state index is 13.6. The molecule has 208 valence electrons. The summed E-state index contributed by atoms with van der Waals surface area (Å²) in [4.78, 5) is 23.7. The molecule has 1 aliphatic heterocycles. The van der Waals surface area contributed by atoms with E-state index in [0.29, 0.717) is 17.1 Å². The van der Waals surface area contributed by atoms with Gasteiger partial charge in [0.05, 0.1) is 12.4 Å². The SMILES string of the molecule is CC1(C)CCC(c2cc(NS(=O)(=O)CCO)ccc2C(=O)Nc2nccc(N3CCC(F)(F)CC3)n2)CC1. The van der Waals surface area contributed by atoms with Gasteiger partial charge in [-0.3, -0.25) is 14.8 Å². The van der Waals surface area contributed by atoms with Crippen LogP contribution in [0, 0.1) is 5.41 Å². The topological polar surface area (TPSA) is 125 Å². The predicted molar refractivity (Wildman–Crippen MR) is 142 cm³/mol. The van der Waals surface area contributed by atoms with Crippen LogP contribution in [0.2, 0.25) is 0 Å². The van der Waals surface area contributed by atoms with Gasteiger partial charge in [-0.1, -0.05) is 13.8 Å². The lowest BCUT2D eigenvalue weighted by Gasteiger charge is -2.35. The van der Waals surface area contributed by atoms with Crippen LogP contribution in [0.15, 0.2) is 30.5 Å². The minimum Gasteiger partial charge on any atom is -0.395 e. The molecule has 1 aliphatic carbocycles. The molecule has 2 aliphatic rings. The number of nitrogens with one attached hydrogen (secondary N) is 2. The zero-order chi connectivity index (χ0) is 27.6. The molecule has 3 N–H and O–H groups in total. The number of carbonyl (C=O) groups excluding carboxylic acids is 1. The Kier molecular flexibility index (Phi) is 8.22. The van der Waals surface area contributed by atoms with Gasteiger partial charge in [0.25, 0.3) is 11.8 Å². The van der Waals surface area contributed by atoms with Crippen molar-refractivity contribution in [3.63, 3.8) is 0 Å². The molecule has 2 fully saturated rings. The van der Waals surface area contributed by atoms with Gasteiger partial charge < -0.3 is 10.0 Å². The number of aliphatic hydroxyl groups excluding tert-OH is 1. The highest BCUT2D eigenvalue weighted by atomic mass is 32.2. The monoisotopic (exact) mass is 551 g/mol. The van der Waals surface area contributed by atoms with Crippen molar-refractivity contribution in [3.05, 3.63) is 41.6 Å². The lowest BCUT2D eigenvalue weighted by atomic mass is 9.70. The lowest BCUT2D eigenvalue weighted by molar-refractivity contribution is -0.0221. The largest absolute Gasteiger partial charge is 0.395 e. The van der Waals surface area contributed by atoms with E-state index in [9.17, 15) is 22.0 Å². The summed E-state index contributed by atoms with van der Waals surface area (Å²) in [6.07, 6.45) is 4.62. The molecule has 0 atom stereocenters. The number of sulfonamides is 1. The Labute approximate surface area is 222 Å². The van der Waals surface area contributed by atoms with Crippen molar-refractivity contribution in [3.8, 4) is 0 Å². The van der Waals surface area contributed by atoms with Gasteiger partial charge >= 0.3 is 0 Å². The summed E-state index contributed by atoms with van der Waals surface area (Å²) in [5, 5.41) is 11.8. The number of nitrogens with zero attached hydrogens (tertiary/aromatic N) is 3. The first kappa shape index (κ1) is 28.2. The molecule has 0 bridgehead atoms. The maximum Gasteiger partial charge on any atom is 0.258 e. The first-order valence-electron chi connectivity index (χ1n) is 12.9. The molecule has 0 unspecified atom stereocenters. The van der Waals surface area contributed by atoms with E-state index in [2.05, 4.69) is 33.9 Å². The van der Waals surface area contributed by atoms with E-state index in [1.165, 1.54) is 12.3 Å². The van der Waals surface area contributed by atoms with Crippen LogP contribution in [0.5, 0.6) is 0 Å². The van der Waals surface area contributed by atoms with Crippen molar-refractivity contribution in [2.24, 2.45) is 5.41 Å². The number of hydrogen-bond acceptors (Lipinski definition) is 7. The van der Waals surface area contributed by atoms with Gasteiger partial charge in [-0.25, -0.2) is 22.2 Å². The zero-order valence-corrected chi connectivity index (χ0v) is 22.5. The summed E-state index contributed by atoms with van der Waals surface area (Å²) in [5.41, 5.74) is 1.66. The number of anilines is 3. The van der Waals surface area contributed by atoms with Crippen molar-refractivity contribution >= 4 is 33.4 Å². The van der Waals surface area contributed by atoms with Gasteiger partial charge in [0.15, 0.2) is 0 Å². The highest BCUT2D eigenvalue weighted by molar-refractivity contribution is 7.92. The normalized spacial score (nSPS) is 19.7. The third-order valence-electron chi connectivity index (χ3n) is 7.39. The Morgan fingerprint density at radius 2 is 1.82 bits per heavy atom. The standard InChI is InChI=1S/C26H35F2N5O4S/c1-25(2)8-5-18(6-9-25)21-17-19(32-38(36,37)16-15-34)3-4-20(21)23(35)31-24-29-12-7-22(30-24)33-13-10-26(27,28)11-14-33/h3-4,7,12,17-18,32,34H,5-6,8-11,13-16H2,1-2H3,(H,29,30,31,35). The fraction of sp³-hybridized carbons (Fsp3) is 0.577. The second kappa shape index (κ2) is 11.1. The number of hydrogen-bond donors (Lipinski definition) is 3. The summed E-state index contributed by atoms with van der Waals surface area (Å²) < 4.78 is 54.0. The average molecular weight is 552 g/mol. The fourth-order valence-electron chi connectivity index (χ4n) is 5.05. The molecule has 38 heavy (non-hydrogen) atoms.